The number of hydrogen-bond donors (Lipinski definition) is 1. The molecule has 6 rings (SSSR count). The first-order chi connectivity index (χ1) is 17.2. The van der Waals surface area contributed by atoms with Gasteiger partial charge in [0.05, 0.1) is 24.9 Å². The van der Waals surface area contributed by atoms with Crippen LogP contribution in [0.15, 0.2) is 48.9 Å². The predicted molar refractivity (Wildman–Crippen MR) is 132 cm³/mol. The minimum atomic E-state index is -0.116. The zero-order valence-electron chi connectivity index (χ0n) is 19.7. The molecule has 0 aliphatic carbocycles. The molecule has 1 N–H and O–H groups in total. The summed E-state index contributed by atoms with van der Waals surface area (Å²) in [4.78, 5) is 16.3. The average Bonchev–Trinajstić information content (AvgIpc) is 3.39. The van der Waals surface area contributed by atoms with E-state index in [4.69, 9.17) is 19.4 Å². The van der Waals surface area contributed by atoms with E-state index in [2.05, 4.69) is 21.9 Å². The number of rotatable bonds is 4. The van der Waals surface area contributed by atoms with E-state index in [0.717, 1.165) is 66.1 Å². The summed E-state index contributed by atoms with van der Waals surface area (Å²) in [6.07, 6.45) is 8.13. The molecule has 0 saturated carbocycles. The maximum absolute atomic E-state index is 10.6. The van der Waals surface area contributed by atoms with Gasteiger partial charge in [-0.3, -0.25) is 4.98 Å². The van der Waals surface area contributed by atoms with Gasteiger partial charge in [0.1, 0.15) is 17.0 Å². The molecule has 4 aromatic heterocycles. The molecule has 0 bridgehead atoms. The van der Waals surface area contributed by atoms with E-state index in [1.54, 1.807) is 18.6 Å². The van der Waals surface area contributed by atoms with Crippen molar-refractivity contribution < 1.29 is 14.6 Å². The van der Waals surface area contributed by atoms with E-state index < -0.39 is 0 Å². The van der Waals surface area contributed by atoms with Gasteiger partial charge >= 0.3 is 0 Å². The molecule has 6 heterocycles. The average molecular weight is 473 g/mol. The summed E-state index contributed by atoms with van der Waals surface area (Å²) < 4.78 is 13.6. The lowest BCUT2D eigenvalue weighted by Gasteiger charge is -2.34. The Balaban J connectivity index is 1.58. The quantitative estimate of drug-likeness (QED) is 0.472. The van der Waals surface area contributed by atoms with Gasteiger partial charge in [0.15, 0.2) is 6.23 Å². The lowest BCUT2D eigenvalue weighted by molar-refractivity contribution is -0.0383. The van der Waals surface area contributed by atoms with E-state index in [-0.39, 0.29) is 18.1 Å². The Morgan fingerprint density at radius 1 is 1.03 bits per heavy atom. The molecule has 9 heteroatoms. The third-order valence-corrected chi connectivity index (χ3v) is 6.79. The van der Waals surface area contributed by atoms with Crippen LogP contribution < -0.4 is 4.90 Å². The minimum absolute atomic E-state index is 0.0139. The molecule has 0 amide bonds. The molecular weight excluding hydrogens is 444 g/mol. The Hall–Kier alpha value is -3.56. The molecule has 2 unspecified atom stereocenters. The zero-order chi connectivity index (χ0) is 23.8. The van der Waals surface area contributed by atoms with E-state index in [1.807, 2.05) is 35.0 Å². The second kappa shape index (κ2) is 9.24. The van der Waals surface area contributed by atoms with Crippen LogP contribution in [-0.2, 0) is 9.47 Å². The first kappa shape index (κ1) is 21.9. The SMILES string of the molecule is CC1COCCN1c1cc(-c2cccnc2O)c2ccnc(-c3ccnn3C3CCCCO3)c2n1. The largest absolute Gasteiger partial charge is 0.493 e. The molecule has 35 heavy (non-hydrogen) atoms. The molecule has 2 atom stereocenters. The molecule has 4 aromatic rings. The maximum Gasteiger partial charge on any atom is 0.218 e. The van der Waals surface area contributed by atoms with Crippen molar-refractivity contribution >= 4 is 16.7 Å². The van der Waals surface area contributed by atoms with E-state index in [0.29, 0.717) is 18.8 Å². The fourth-order valence-electron chi connectivity index (χ4n) is 5.02. The number of anilines is 1. The zero-order valence-corrected chi connectivity index (χ0v) is 19.7. The Morgan fingerprint density at radius 2 is 1.97 bits per heavy atom. The summed E-state index contributed by atoms with van der Waals surface area (Å²) in [7, 11) is 0. The number of aromatic nitrogens is 5. The molecule has 2 fully saturated rings. The van der Waals surface area contributed by atoms with Crippen LogP contribution in [0.4, 0.5) is 5.82 Å². The number of nitrogens with zero attached hydrogens (tertiary/aromatic N) is 6. The number of pyridine rings is 3. The van der Waals surface area contributed by atoms with Crippen molar-refractivity contribution in [1.82, 2.24) is 24.7 Å². The van der Waals surface area contributed by atoms with Crippen LogP contribution in [-0.4, -0.2) is 62.2 Å². The van der Waals surface area contributed by atoms with Crippen LogP contribution in [0, 0.1) is 0 Å². The van der Waals surface area contributed by atoms with Gasteiger partial charge in [0.25, 0.3) is 0 Å². The normalized spacial score (nSPS) is 20.9. The van der Waals surface area contributed by atoms with Gasteiger partial charge in [0.2, 0.25) is 5.88 Å². The third kappa shape index (κ3) is 4.00. The molecule has 2 saturated heterocycles. The second-order valence-electron chi connectivity index (χ2n) is 9.06. The van der Waals surface area contributed by atoms with Crippen LogP contribution >= 0.6 is 0 Å². The van der Waals surface area contributed by atoms with Crippen molar-refractivity contribution in [3.8, 4) is 28.4 Å². The number of morpholine rings is 1. The van der Waals surface area contributed by atoms with Crippen molar-refractivity contribution in [2.75, 3.05) is 31.3 Å². The molecular formula is C26H28N6O3. The topological polar surface area (TPSA) is 98.4 Å². The number of hydrogen-bond acceptors (Lipinski definition) is 8. The summed E-state index contributed by atoms with van der Waals surface area (Å²) in [5, 5.41) is 16.1. The van der Waals surface area contributed by atoms with E-state index in [1.165, 1.54) is 0 Å². The van der Waals surface area contributed by atoms with Gasteiger partial charge in [0, 0.05) is 48.3 Å². The molecule has 9 nitrogen and oxygen atoms in total. The van der Waals surface area contributed by atoms with Gasteiger partial charge < -0.3 is 19.5 Å². The Morgan fingerprint density at radius 3 is 2.80 bits per heavy atom. The fraction of sp³-hybridized carbons (Fsp3) is 0.385. The molecule has 2 aliphatic rings. The van der Waals surface area contributed by atoms with Crippen molar-refractivity contribution in [2.24, 2.45) is 0 Å². The lowest BCUT2D eigenvalue weighted by atomic mass is 10.0. The summed E-state index contributed by atoms with van der Waals surface area (Å²) in [5.41, 5.74) is 3.87. The number of ether oxygens (including phenoxy) is 2. The summed E-state index contributed by atoms with van der Waals surface area (Å²) in [5.74, 6) is 0.806. The maximum atomic E-state index is 10.6. The monoisotopic (exact) mass is 472 g/mol. The molecule has 0 aromatic carbocycles. The van der Waals surface area contributed by atoms with Gasteiger partial charge in [-0.25, -0.2) is 14.6 Å². The van der Waals surface area contributed by atoms with Gasteiger partial charge in [-0.2, -0.15) is 5.10 Å². The van der Waals surface area contributed by atoms with Crippen molar-refractivity contribution in [3.05, 3.63) is 48.9 Å². The van der Waals surface area contributed by atoms with Crippen LogP contribution in [0.5, 0.6) is 5.88 Å². The predicted octanol–water partition coefficient (Wildman–Crippen LogP) is 4.19. The van der Waals surface area contributed by atoms with E-state index >= 15 is 0 Å². The van der Waals surface area contributed by atoms with Crippen LogP contribution in [0.2, 0.25) is 0 Å². The first-order valence-electron chi connectivity index (χ1n) is 12.1. The van der Waals surface area contributed by atoms with Crippen LogP contribution in [0.3, 0.4) is 0 Å². The highest BCUT2D eigenvalue weighted by Crippen LogP contribution is 2.39. The van der Waals surface area contributed by atoms with Crippen molar-refractivity contribution in [1.29, 1.82) is 0 Å². The smallest absolute Gasteiger partial charge is 0.218 e. The van der Waals surface area contributed by atoms with Crippen molar-refractivity contribution in [2.45, 2.75) is 38.5 Å². The number of fused-ring (bicyclic) bond motifs is 1. The van der Waals surface area contributed by atoms with Crippen LogP contribution in [0.25, 0.3) is 33.4 Å². The Bertz CT molecular complexity index is 1350. The highest BCUT2D eigenvalue weighted by Gasteiger charge is 2.26. The molecule has 2 aliphatic heterocycles. The van der Waals surface area contributed by atoms with Gasteiger partial charge in [-0.05, 0) is 56.5 Å². The first-order valence-corrected chi connectivity index (χ1v) is 12.1. The molecule has 0 spiro atoms. The summed E-state index contributed by atoms with van der Waals surface area (Å²) in [6.45, 7) is 4.88. The highest BCUT2D eigenvalue weighted by atomic mass is 16.5. The van der Waals surface area contributed by atoms with E-state index in [9.17, 15) is 5.11 Å². The van der Waals surface area contributed by atoms with Crippen LogP contribution in [0.1, 0.15) is 32.4 Å². The fourth-order valence-corrected chi connectivity index (χ4v) is 5.02. The molecule has 180 valence electrons. The van der Waals surface area contributed by atoms with Crippen molar-refractivity contribution in [3.63, 3.8) is 0 Å². The second-order valence-corrected chi connectivity index (χ2v) is 9.06. The third-order valence-electron chi connectivity index (χ3n) is 6.79. The molecule has 0 radical (unpaired) electrons. The lowest BCUT2D eigenvalue weighted by Crippen LogP contribution is -2.44. The standard InChI is InChI=1S/C26H28N6O3/c1-17-16-34-14-12-31(17)22-15-20(19-5-4-9-28-26(19)33)18-7-10-27-25(24(18)30-22)21-8-11-29-32(21)23-6-2-3-13-35-23/h4-5,7-11,15,17,23H,2-3,6,12-14,16H2,1H3,(H,28,33). The summed E-state index contributed by atoms with van der Waals surface area (Å²) >= 11 is 0. The Kier molecular flexibility index (Phi) is 5.79. The Labute approximate surface area is 203 Å². The highest BCUT2D eigenvalue weighted by molar-refractivity contribution is 6.02. The van der Waals surface area contributed by atoms with Gasteiger partial charge in [-0.15, -0.1) is 0 Å². The minimum Gasteiger partial charge on any atom is -0.493 e. The summed E-state index contributed by atoms with van der Waals surface area (Å²) in [6, 6.07) is 9.82. The van der Waals surface area contributed by atoms with Gasteiger partial charge in [-0.1, -0.05) is 0 Å². The number of aromatic hydroxyl groups is 1.